The van der Waals surface area contributed by atoms with Crippen LogP contribution >= 0.6 is 11.6 Å². The molecule has 2 nitrogen and oxygen atoms in total. The van der Waals surface area contributed by atoms with E-state index in [-0.39, 0.29) is 0 Å². The first-order valence-electron chi connectivity index (χ1n) is 6.83. The third-order valence-corrected chi connectivity index (χ3v) is 3.56. The molecule has 0 radical (unpaired) electrons. The normalized spacial score (nSPS) is 12.6. The second-order valence-electron chi connectivity index (χ2n) is 4.85. The van der Waals surface area contributed by atoms with Gasteiger partial charge in [-0.3, -0.25) is 0 Å². The molecule has 0 fully saturated rings. The van der Waals surface area contributed by atoms with Gasteiger partial charge in [0.1, 0.15) is 0 Å². The maximum Gasteiger partial charge on any atom is 0.0409 e. The summed E-state index contributed by atoms with van der Waals surface area (Å²) >= 11 is 6.02. The maximum absolute atomic E-state index is 6.02. The highest BCUT2D eigenvalue weighted by atomic mass is 35.5. The quantitative estimate of drug-likeness (QED) is 0.827. The third kappa shape index (κ3) is 3.85. The Morgan fingerprint density at radius 3 is 2.84 bits per heavy atom. The van der Waals surface area contributed by atoms with E-state index in [1.807, 2.05) is 18.2 Å². The lowest BCUT2D eigenvalue weighted by Gasteiger charge is -2.16. The lowest BCUT2D eigenvalue weighted by Crippen LogP contribution is -2.20. The fourth-order valence-electron chi connectivity index (χ4n) is 2.22. The molecular formula is C16H21ClN2. The van der Waals surface area contributed by atoms with Gasteiger partial charge in [-0.05, 0) is 43.2 Å². The summed E-state index contributed by atoms with van der Waals surface area (Å²) in [6.07, 6.45) is 3.30. The number of halogens is 1. The van der Waals surface area contributed by atoms with Gasteiger partial charge < -0.3 is 9.88 Å². The highest BCUT2D eigenvalue weighted by Crippen LogP contribution is 2.17. The summed E-state index contributed by atoms with van der Waals surface area (Å²) in [5, 5.41) is 4.34. The van der Waals surface area contributed by atoms with Crippen molar-refractivity contribution in [1.82, 2.24) is 9.88 Å². The summed E-state index contributed by atoms with van der Waals surface area (Å²) in [7, 11) is 0. The number of benzene rings is 1. The minimum Gasteiger partial charge on any atom is -0.350 e. The van der Waals surface area contributed by atoms with Crippen LogP contribution in [0.2, 0.25) is 5.02 Å². The van der Waals surface area contributed by atoms with Crippen molar-refractivity contribution < 1.29 is 0 Å². The molecular weight excluding hydrogens is 256 g/mol. The standard InChI is InChI=1S/C16H21ClN2/c1-3-9-19-10-5-8-16(19)12-18-13(2)14-6-4-7-15(17)11-14/h4-8,10-11,13,18H,3,9,12H2,1-2H3/t13-/m0/s1. The summed E-state index contributed by atoms with van der Waals surface area (Å²) in [6, 6.07) is 12.6. The Balaban J connectivity index is 1.96. The number of rotatable bonds is 6. The van der Waals surface area contributed by atoms with Gasteiger partial charge in [-0.2, -0.15) is 0 Å². The van der Waals surface area contributed by atoms with E-state index in [4.69, 9.17) is 11.6 Å². The molecule has 3 heteroatoms. The van der Waals surface area contributed by atoms with Crippen LogP contribution in [0.4, 0.5) is 0 Å². The molecule has 2 rings (SSSR count). The number of hydrogen-bond donors (Lipinski definition) is 1. The average molecular weight is 277 g/mol. The Hall–Kier alpha value is -1.25. The molecule has 2 aromatic rings. The third-order valence-electron chi connectivity index (χ3n) is 3.33. The van der Waals surface area contributed by atoms with E-state index in [1.54, 1.807) is 0 Å². The molecule has 0 bridgehead atoms. The Labute approximate surface area is 120 Å². The minimum absolute atomic E-state index is 0.295. The summed E-state index contributed by atoms with van der Waals surface area (Å²) in [6.45, 7) is 6.32. The summed E-state index contributed by atoms with van der Waals surface area (Å²) in [5.41, 5.74) is 2.55. The molecule has 1 N–H and O–H groups in total. The molecule has 1 aromatic heterocycles. The van der Waals surface area contributed by atoms with Crippen LogP contribution in [-0.2, 0) is 13.1 Å². The predicted octanol–water partition coefficient (Wildman–Crippen LogP) is 4.40. The van der Waals surface area contributed by atoms with Crippen LogP contribution in [0, 0.1) is 0 Å². The minimum atomic E-state index is 0.295. The maximum atomic E-state index is 6.02. The second-order valence-corrected chi connectivity index (χ2v) is 5.29. The number of aryl methyl sites for hydroxylation is 1. The molecule has 102 valence electrons. The molecule has 0 aliphatic heterocycles. The summed E-state index contributed by atoms with van der Waals surface area (Å²) in [5.74, 6) is 0. The Kier molecular flexibility index (Phi) is 5.06. The van der Waals surface area contributed by atoms with E-state index < -0.39 is 0 Å². The lowest BCUT2D eigenvalue weighted by atomic mass is 10.1. The van der Waals surface area contributed by atoms with Crippen LogP contribution in [-0.4, -0.2) is 4.57 Å². The van der Waals surface area contributed by atoms with Gasteiger partial charge in [0.2, 0.25) is 0 Å². The topological polar surface area (TPSA) is 17.0 Å². The van der Waals surface area contributed by atoms with Crippen molar-refractivity contribution in [2.45, 2.75) is 39.4 Å². The summed E-state index contributed by atoms with van der Waals surface area (Å²) < 4.78 is 2.30. The second kappa shape index (κ2) is 6.78. The Bertz CT molecular complexity index is 519. The highest BCUT2D eigenvalue weighted by Gasteiger charge is 2.06. The first-order chi connectivity index (χ1) is 9.20. The zero-order valence-electron chi connectivity index (χ0n) is 11.6. The fourth-order valence-corrected chi connectivity index (χ4v) is 2.42. The van der Waals surface area contributed by atoms with Crippen molar-refractivity contribution in [1.29, 1.82) is 0 Å². The molecule has 0 saturated carbocycles. The number of nitrogens with one attached hydrogen (secondary N) is 1. The molecule has 19 heavy (non-hydrogen) atoms. The van der Waals surface area contributed by atoms with Gasteiger partial charge in [0.25, 0.3) is 0 Å². The SMILES string of the molecule is CCCn1cccc1CN[C@@H](C)c1cccc(Cl)c1. The van der Waals surface area contributed by atoms with Gasteiger partial charge in [-0.1, -0.05) is 30.7 Å². The molecule has 1 atom stereocenters. The number of hydrogen-bond acceptors (Lipinski definition) is 1. The van der Waals surface area contributed by atoms with E-state index in [2.05, 4.69) is 48.1 Å². The van der Waals surface area contributed by atoms with Gasteiger partial charge in [0, 0.05) is 36.0 Å². The molecule has 0 aliphatic rings. The van der Waals surface area contributed by atoms with Crippen LogP contribution in [0.3, 0.4) is 0 Å². The van der Waals surface area contributed by atoms with Crippen molar-refractivity contribution in [3.63, 3.8) is 0 Å². The largest absolute Gasteiger partial charge is 0.350 e. The van der Waals surface area contributed by atoms with Crippen molar-refractivity contribution in [2.24, 2.45) is 0 Å². The van der Waals surface area contributed by atoms with Crippen molar-refractivity contribution in [2.75, 3.05) is 0 Å². The molecule has 0 unspecified atom stereocenters. The van der Waals surface area contributed by atoms with Crippen LogP contribution in [0.15, 0.2) is 42.6 Å². The molecule has 1 aromatic carbocycles. The summed E-state index contributed by atoms with van der Waals surface area (Å²) in [4.78, 5) is 0. The van der Waals surface area contributed by atoms with Gasteiger partial charge in [0.05, 0.1) is 0 Å². The van der Waals surface area contributed by atoms with Crippen molar-refractivity contribution >= 4 is 11.6 Å². The van der Waals surface area contributed by atoms with E-state index >= 15 is 0 Å². The smallest absolute Gasteiger partial charge is 0.0409 e. The zero-order valence-corrected chi connectivity index (χ0v) is 12.3. The van der Waals surface area contributed by atoms with Crippen LogP contribution in [0.1, 0.15) is 37.6 Å². The van der Waals surface area contributed by atoms with Crippen LogP contribution in [0.5, 0.6) is 0 Å². The zero-order chi connectivity index (χ0) is 13.7. The van der Waals surface area contributed by atoms with Crippen LogP contribution in [0.25, 0.3) is 0 Å². The number of aromatic nitrogens is 1. The predicted molar refractivity (Wildman–Crippen MR) is 81.4 cm³/mol. The first-order valence-corrected chi connectivity index (χ1v) is 7.21. The van der Waals surface area contributed by atoms with Gasteiger partial charge in [0.15, 0.2) is 0 Å². The highest BCUT2D eigenvalue weighted by molar-refractivity contribution is 6.30. The van der Waals surface area contributed by atoms with E-state index in [0.29, 0.717) is 6.04 Å². The monoisotopic (exact) mass is 276 g/mol. The molecule has 0 amide bonds. The molecule has 0 spiro atoms. The first kappa shape index (κ1) is 14.2. The van der Waals surface area contributed by atoms with E-state index in [1.165, 1.54) is 11.3 Å². The molecule has 0 saturated heterocycles. The van der Waals surface area contributed by atoms with Crippen molar-refractivity contribution in [3.8, 4) is 0 Å². The van der Waals surface area contributed by atoms with E-state index in [0.717, 1.165) is 24.5 Å². The Morgan fingerprint density at radius 1 is 1.26 bits per heavy atom. The van der Waals surface area contributed by atoms with E-state index in [9.17, 15) is 0 Å². The fraction of sp³-hybridized carbons (Fsp3) is 0.375. The molecule has 1 heterocycles. The van der Waals surface area contributed by atoms with Gasteiger partial charge >= 0.3 is 0 Å². The van der Waals surface area contributed by atoms with Gasteiger partial charge in [-0.25, -0.2) is 0 Å². The van der Waals surface area contributed by atoms with Crippen LogP contribution < -0.4 is 5.32 Å². The molecule has 0 aliphatic carbocycles. The number of nitrogens with zero attached hydrogens (tertiary/aromatic N) is 1. The lowest BCUT2D eigenvalue weighted by molar-refractivity contribution is 0.542. The van der Waals surface area contributed by atoms with Gasteiger partial charge in [-0.15, -0.1) is 0 Å². The Morgan fingerprint density at radius 2 is 2.11 bits per heavy atom. The average Bonchev–Trinajstić information content (AvgIpc) is 2.84. The van der Waals surface area contributed by atoms with Crippen molar-refractivity contribution in [3.05, 3.63) is 58.9 Å².